The summed E-state index contributed by atoms with van der Waals surface area (Å²) in [6.45, 7) is 0.429. The number of rotatable bonds is 6. The lowest BCUT2D eigenvalue weighted by Crippen LogP contribution is -2.68. The first-order valence-corrected chi connectivity index (χ1v) is 8.44. The van der Waals surface area contributed by atoms with Gasteiger partial charge in [-0.25, -0.2) is 4.79 Å². The highest BCUT2D eigenvalue weighted by molar-refractivity contribution is 5.73. The number of hydrogen-bond acceptors (Lipinski definition) is 11. The van der Waals surface area contributed by atoms with Gasteiger partial charge in [0.25, 0.3) is 0 Å². The first kappa shape index (κ1) is 22.9. The second-order valence-electron chi connectivity index (χ2n) is 6.51. The number of nitrogens with one attached hydrogen (secondary N) is 1. The van der Waals surface area contributed by atoms with Crippen LogP contribution in [-0.2, 0) is 28.5 Å². The van der Waals surface area contributed by atoms with Crippen LogP contribution in [-0.4, -0.2) is 118 Å². The molecule has 7 N–H and O–H groups in total. The number of carboxylic acid groups (broad SMARTS) is 1. The molecule has 10 unspecified atom stereocenters. The van der Waals surface area contributed by atoms with Gasteiger partial charge in [-0.1, -0.05) is 0 Å². The van der Waals surface area contributed by atoms with Crippen molar-refractivity contribution in [1.82, 2.24) is 5.32 Å². The van der Waals surface area contributed by atoms with E-state index in [1.807, 2.05) is 0 Å². The van der Waals surface area contributed by atoms with E-state index in [4.69, 9.17) is 18.9 Å². The molecule has 2 heterocycles. The molecule has 0 saturated carbocycles. The molecule has 2 aliphatic rings. The average molecular weight is 411 g/mol. The summed E-state index contributed by atoms with van der Waals surface area (Å²) in [6, 6.07) is -1.34. The van der Waals surface area contributed by atoms with Crippen molar-refractivity contribution in [3.05, 3.63) is 0 Å². The van der Waals surface area contributed by atoms with Crippen LogP contribution in [0.4, 0.5) is 0 Å². The van der Waals surface area contributed by atoms with Crippen LogP contribution in [0.25, 0.3) is 0 Å². The van der Waals surface area contributed by atoms with Gasteiger partial charge in [-0.15, -0.1) is 0 Å². The predicted octanol–water partition coefficient (Wildman–Crippen LogP) is -4.51. The Kier molecular flexibility index (Phi) is 7.66. The molecule has 2 aliphatic heterocycles. The van der Waals surface area contributed by atoms with Crippen molar-refractivity contribution in [1.29, 1.82) is 0 Å². The third kappa shape index (κ3) is 4.59. The van der Waals surface area contributed by atoms with E-state index in [-0.39, 0.29) is 0 Å². The van der Waals surface area contributed by atoms with E-state index in [1.165, 1.54) is 0 Å². The summed E-state index contributed by atoms with van der Waals surface area (Å²) >= 11 is 0. The number of hydrogen-bond donors (Lipinski definition) is 7. The molecule has 0 aliphatic carbocycles. The van der Waals surface area contributed by atoms with Crippen LogP contribution in [0.15, 0.2) is 0 Å². The van der Waals surface area contributed by atoms with Gasteiger partial charge in [0.2, 0.25) is 5.91 Å². The van der Waals surface area contributed by atoms with Gasteiger partial charge in [0.15, 0.2) is 18.7 Å². The number of carbonyl (C=O) groups excluding carboxylic acids is 1. The Bertz CT molecular complexity index is 561. The number of amides is 1. The van der Waals surface area contributed by atoms with E-state index in [1.54, 1.807) is 0 Å². The van der Waals surface area contributed by atoms with Gasteiger partial charge in [0.1, 0.15) is 42.7 Å². The molecule has 0 spiro atoms. The second kappa shape index (κ2) is 9.39. The van der Waals surface area contributed by atoms with Crippen LogP contribution in [0.2, 0.25) is 0 Å². The maximum Gasteiger partial charge on any atom is 0.335 e. The molecule has 0 aromatic carbocycles. The molecule has 2 saturated heterocycles. The minimum absolute atomic E-state index is 0.607. The van der Waals surface area contributed by atoms with Gasteiger partial charge >= 0.3 is 5.97 Å². The minimum atomic E-state index is -1.78. The summed E-state index contributed by atoms with van der Waals surface area (Å²) in [6.07, 6.45) is -14.4. The number of ether oxygens (including phenoxy) is 4. The number of carboxylic acids is 1. The molecule has 13 nitrogen and oxygen atoms in total. The van der Waals surface area contributed by atoms with Crippen LogP contribution < -0.4 is 5.32 Å². The largest absolute Gasteiger partial charge is 0.479 e. The van der Waals surface area contributed by atoms with Crippen LogP contribution in [0.5, 0.6) is 0 Å². The monoisotopic (exact) mass is 411 g/mol. The first-order chi connectivity index (χ1) is 13.1. The quantitative estimate of drug-likeness (QED) is 0.221. The lowest BCUT2D eigenvalue weighted by atomic mass is 9.95. The lowest BCUT2D eigenvalue weighted by Gasteiger charge is -2.46. The Hall–Kier alpha value is -1.42. The van der Waals surface area contributed by atoms with Crippen molar-refractivity contribution in [3.8, 4) is 0 Å². The Morgan fingerprint density at radius 2 is 1.68 bits per heavy atom. The van der Waals surface area contributed by atoms with Crippen molar-refractivity contribution in [2.45, 2.75) is 68.3 Å². The predicted molar refractivity (Wildman–Crippen MR) is 85.6 cm³/mol. The van der Waals surface area contributed by atoms with Gasteiger partial charge in [-0.05, 0) is 0 Å². The van der Waals surface area contributed by atoms with Gasteiger partial charge in [0.05, 0.1) is 6.61 Å². The number of aliphatic carboxylic acids is 1. The third-order valence-corrected chi connectivity index (χ3v) is 4.59. The molecule has 2 rings (SSSR count). The van der Waals surface area contributed by atoms with Gasteiger partial charge < -0.3 is 54.9 Å². The Labute approximate surface area is 159 Å². The molecule has 0 bridgehead atoms. The standard InChI is InChI=1S/C15H25NO12/c1-4(18)16-6-10(7(19)5(3-17)26-14(6)24)27-15-9(21)8(20)11(25-2)12(28-15)13(22)23/h5-12,14-15,17,19-21,24H,3H2,1-2H3,(H,16,18)(H,22,23). The van der Waals surface area contributed by atoms with Crippen LogP contribution in [0.3, 0.4) is 0 Å². The summed E-state index contributed by atoms with van der Waals surface area (Å²) in [5, 5.41) is 61.7. The number of aliphatic hydroxyl groups is 5. The summed E-state index contributed by atoms with van der Waals surface area (Å²) in [5.74, 6) is -2.10. The highest BCUT2D eigenvalue weighted by Crippen LogP contribution is 2.29. The van der Waals surface area contributed by atoms with E-state index in [2.05, 4.69) is 5.32 Å². The zero-order chi connectivity index (χ0) is 21.2. The number of carbonyl (C=O) groups is 2. The highest BCUT2D eigenvalue weighted by Gasteiger charge is 2.52. The fraction of sp³-hybridized carbons (Fsp3) is 0.867. The molecule has 28 heavy (non-hydrogen) atoms. The summed E-state index contributed by atoms with van der Waals surface area (Å²) in [5.41, 5.74) is 0. The average Bonchev–Trinajstić information content (AvgIpc) is 2.63. The summed E-state index contributed by atoms with van der Waals surface area (Å²) < 4.78 is 20.5. The second-order valence-corrected chi connectivity index (χ2v) is 6.51. The Morgan fingerprint density at radius 3 is 2.18 bits per heavy atom. The molecular formula is C15H25NO12. The molecule has 1 amide bonds. The van der Waals surface area contributed by atoms with Crippen molar-refractivity contribution < 1.29 is 59.2 Å². The topological polar surface area (TPSA) is 204 Å². The molecule has 162 valence electrons. The highest BCUT2D eigenvalue weighted by atomic mass is 16.7. The molecule has 13 heteroatoms. The molecule has 0 aromatic heterocycles. The van der Waals surface area contributed by atoms with E-state index in [9.17, 15) is 40.2 Å². The molecule has 0 aromatic rings. The van der Waals surface area contributed by atoms with Gasteiger partial charge in [0, 0.05) is 14.0 Å². The first-order valence-electron chi connectivity index (χ1n) is 8.44. The Morgan fingerprint density at radius 1 is 1.04 bits per heavy atom. The van der Waals surface area contributed by atoms with Crippen LogP contribution >= 0.6 is 0 Å². The number of aliphatic hydroxyl groups excluding tert-OH is 5. The normalized spacial score (nSPS) is 44.1. The summed E-state index contributed by atoms with van der Waals surface area (Å²) in [7, 11) is 1.12. The SMILES string of the molecule is COC1C(C(=O)O)OC(OC2C(O)C(CO)OC(O)C2NC(C)=O)C(O)C1O. The van der Waals surface area contributed by atoms with E-state index in [0.717, 1.165) is 14.0 Å². The molecular weight excluding hydrogens is 386 g/mol. The zero-order valence-corrected chi connectivity index (χ0v) is 15.1. The molecule has 2 fully saturated rings. The zero-order valence-electron chi connectivity index (χ0n) is 15.1. The minimum Gasteiger partial charge on any atom is -0.479 e. The maximum absolute atomic E-state index is 11.4. The van der Waals surface area contributed by atoms with E-state index in [0.29, 0.717) is 0 Å². The van der Waals surface area contributed by atoms with Crippen molar-refractivity contribution in [2.75, 3.05) is 13.7 Å². The molecule has 10 atom stereocenters. The summed E-state index contributed by atoms with van der Waals surface area (Å²) in [4.78, 5) is 22.8. The third-order valence-electron chi connectivity index (χ3n) is 4.59. The van der Waals surface area contributed by atoms with Gasteiger partial charge in [-0.2, -0.15) is 0 Å². The van der Waals surface area contributed by atoms with Gasteiger partial charge in [-0.3, -0.25) is 4.79 Å². The molecule has 0 radical (unpaired) electrons. The van der Waals surface area contributed by atoms with Crippen molar-refractivity contribution in [3.63, 3.8) is 0 Å². The van der Waals surface area contributed by atoms with Crippen molar-refractivity contribution in [2.24, 2.45) is 0 Å². The van der Waals surface area contributed by atoms with Crippen LogP contribution in [0.1, 0.15) is 6.92 Å². The van der Waals surface area contributed by atoms with Crippen molar-refractivity contribution >= 4 is 11.9 Å². The van der Waals surface area contributed by atoms with E-state index < -0.39 is 79.8 Å². The lowest BCUT2D eigenvalue weighted by molar-refractivity contribution is -0.338. The Balaban J connectivity index is 2.26. The fourth-order valence-corrected chi connectivity index (χ4v) is 3.20. The smallest absolute Gasteiger partial charge is 0.335 e. The number of methoxy groups -OCH3 is 1. The maximum atomic E-state index is 11.4. The van der Waals surface area contributed by atoms with Crippen LogP contribution in [0, 0.1) is 0 Å². The van der Waals surface area contributed by atoms with E-state index >= 15 is 0 Å². The fourth-order valence-electron chi connectivity index (χ4n) is 3.20.